The van der Waals surface area contributed by atoms with E-state index >= 15 is 0 Å². The third-order valence-corrected chi connectivity index (χ3v) is 4.79. The molecule has 0 spiro atoms. The van der Waals surface area contributed by atoms with Crippen LogP contribution < -0.4 is 5.32 Å². The van der Waals surface area contributed by atoms with E-state index in [4.69, 9.17) is 16.3 Å². The monoisotopic (exact) mass is 407 g/mol. The number of pyridine rings is 1. The van der Waals surface area contributed by atoms with Gasteiger partial charge in [-0.3, -0.25) is 4.40 Å². The number of phenolic OH excluding ortho intramolecular Hbond substituents is 1. The Kier molecular flexibility index (Phi) is 5.10. The van der Waals surface area contributed by atoms with Gasteiger partial charge in [-0.15, -0.1) is 0 Å². The van der Waals surface area contributed by atoms with E-state index in [1.54, 1.807) is 36.5 Å². The van der Waals surface area contributed by atoms with E-state index in [1.807, 2.05) is 34.7 Å². The van der Waals surface area contributed by atoms with Gasteiger partial charge in [0.25, 0.3) is 0 Å². The summed E-state index contributed by atoms with van der Waals surface area (Å²) in [6.45, 7) is 0.508. The molecule has 0 aliphatic rings. The van der Waals surface area contributed by atoms with Crippen LogP contribution in [-0.2, 0) is 11.3 Å². The molecule has 0 bridgehead atoms. The number of benzene rings is 2. The van der Waals surface area contributed by atoms with Crippen LogP contribution in [-0.4, -0.2) is 27.6 Å². The van der Waals surface area contributed by atoms with Crippen molar-refractivity contribution in [3.63, 3.8) is 0 Å². The molecule has 29 heavy (non-hydrogen) atoms. The van der Waals surface area contributed by atoms with Gasteiger partial charge in [-0.05, 0) is 42.0 Å². The zero-order chi connectivity index (χ0) is 20.4. The Morgan fingerprint density at radius 3 is 2.76 bits per heavy atom. The lowest BCUT2D eigenvalue weighted by Crippen LogP contribution is -2.05. The number of ether oxygens (including phenoxy) is 1. The number of phenols is 1. The number of aromatic hydroxyl groups is 1. The molecular weight excluding hydrogens is 390 g/mol. The van der Waals surface area contributed by atoms with E-state index in [1.165, 1.54) is 7.11 Å². The molecule has 0 aliphatic heterocycles. The maximum atomic E-state index is 11.9. The molecule has 0 fully saturated rings. The standard InChI is InChI=1S/C22H18ClN3O3/c1-29-22(28)15-9-10-26-19(12-15)25-20(17-7-2-3-8-18(17)27)21(26)24-13-14-5-4-6-16(23)11-14/h2-12,24,27H,13H2,1H3. The average molecular weight is 408 g/mol. The smallest absolute Gasteiger partial charge is 0.338 e. The summed E-state index contributed by atoms with van der Waals surface area (Å²) < 4.78 is 6.63. The summed E-state index contributed by atoms with van der Waals surface area (Å²) in [5, 5.41) is 14.4. The molecule has 0 atom stereocenters. The predicted octanol–water partition coefficient (Wildman–Crippen LogP) is 4.76. The van der Waals surface area contributed by atoms with Crippen LogP contribution in [0.2, 0.25) is 5.02 Å². The van der Waals surface area contributed by atoms with Crippen molar-refractivity contribution >= 4 is 29.0 Å². The van der Waals surface area contributed by atoms with Crippen molar-refractivity contribution < 1.29 is 14.6 Å². The van der Waals surface area contributed by atoms with Crippen molar-refractivity contribution in [2.24, 2.45) is 0 Å². The van der Waals surface area contributed by atoms with Crippen LogP contribution in [0.4, 0.5) is 5.82 Å². The van der Waals surface area contributed by atoms with Gasteiger partial charge in [0.15, 0.2) is 0 Å². The minimum absolute atomic E-state index is 0.120. The lowest BCUT2D eigenvalue weighted by Gasteiger charge is -2.10. The number of para-hydroxylation sites is 1. The first-order valence-corrected chi connectivity index (χ1v) is 9.31. The predicted molar refractivity (Wildman–Crippen MR) is 112 cm³/mol. The highest BCUT2D eigenvalue weighted by atomic mass is 35.5. The zero-order valence-electron chi connectivity index (χ0n) is 15.6. The Labute approximate surface area is 172 Å². The van der Waals surface area contributed by atoms with Crippen molar-refractivity contribution in [1.82, 2.24) is 9.38 Å². The van der Waals surface area contributed by atoms with Crippen molar-refractivity contribution in [2.45, 2.75) is 6.54 Å². The number of anilines is 1. The number of hydrogen-bond acceptors (Lipinski definition) is 5. The largest absolute Gasteiger partial charge is 0.507 e. The zero-order valence-corrected chi connectivity index (χ0v) is 16.3. The van der Waals surface area contributed by atoms with E-state index in [2.05, 4.69) is 10.3 Å². The second kappa shape index (κ2) is 7.85. The quantitative estimate of drug-likeness (QED) is 0.466. The summed E-state index contributed by atoms with van der Waals surface area (Å²) in [5.41, 5.74) is 3.12. The van der Waals surface area contributed by atoms with Crippen LogP contribution in [0, 0.1) is 0 Å². The average Bonchev–Trinajstić information content (AvgIpc) is 3.09. The molecule has 4 aromatic rings. The number of carbonyl (C=O) groups is 1. The topological polar surface area (TPSA) is 75.9 Å². The summed E-state index contributed by atoms with van der Waals surface area (Å²) in [4.78, 5) is 16.5. The van der Waals surface area contributed by atoms with Crippen LogP contribution in [0.15, 0.2) is 66.9 Å². The van der Waals surface area contributed by atoms with Crippen LogP contribution >= 0.6 is 11.6 Å². The number of nitrogens with zero attached hydrogens (tertiary/aromatic N) is 2. The van der Waals surface area contributed by atoms with Gasteiger partial charge in [-0.2, -0.15) is 0 Å². The van der Waals surface area contributed by atoms with Gasteiger partial charge in [0, 0.05) is 23.3 Å². The molecule has 0 aliphatic carbocycles. The van der Waals surface area contributed by atoms with Gasteiger partial charge in [0.1, 0.15) is 22.9 Å². The number of methoxy groups -OCH3 is 1. The van der Waals surface area contributed by atoms with E-state index in [0.29, 0.717) is 39.9 Å². The maximum absolute atomic E-state index is 11.9. The van der Waals surface area contributed by atoms with Gasteiger partial charge < -0.3 is 15.2 Å². The third-order valence-electron chi connectivity index (χ3n) is 4.56. The number of aromatic nitrogens is 2. The molecule has 0 saturated heterocycles. The first-order valence-electron chi connectivity index (χ1n) is 8.94. The van der Waals surface area contributed by atoms with E-state index < -0.39 is 5.97 Å². The van der Waals surface area contributed by atoms with Crippen LogP contribution in [0.25, 0.3) is 16.9 Å². The molecule has 2 N–H and O–H groups in total. The molecule has 2 heterocycles. The lowest BCUT2D eigenvalue weighted by molar-refractivity contribution is 0.0600. The highest BCUT2D eigenvalue weighted by Crippen LogP contribution is 2.35. The maximum Gasteiger partial charge on any atom is 0.338 e. The minimum atomic E-state index is -0.437. The highest BCUT2D eigenvalue weighted by molar-refractivity contribution is 6.30. The first kappa shape index (κ1) is 18.8. The molecule has 0 saturated carbocycles. The van der Waals surface area contributed by atoms with Gasteiger partial charge >= 0.3 is 5.97 Å². The second-order valence-electron chi connectivity index (χ2n) is 6.44. The van der Waals surface area contributed by atoms with E-state index in [-0.39, 0.29) is 5.75 Å². The van der Waals surface area contributed by atoms with Crippen LogP contribution in [0.1, 0.15) is 15.9 Å². The normalized spacial score (nSPS) is 10.8. The number of nitrogens with one attached hydrogen (secondary N) is 1. The summed E-state index contributed by atoms with van der Waals surface area (Å²) in [6, 6.07) is 17.9. The van der Waals surface area contributed by atoms with Gasteiger partial charge in [0.2, 0.25) is 0 Å². The van der Waals surface area contributed by atoms with E-state index in [0.717, 1.165) is 5.56 Å². The first-order chi connectivity index (χ1) is 14.1. The van der Waals surface area contributed by atoms with Crippen LogP contribution in [0.5, 0.6) is 5.75 Å². The number of carbonyl (C=O) groups excluding carboxylic acids is 1. The van der Waals surface area contributed by atoms with Gasteiger partial charge in [0.05, 0.1) is 12.7 Å². The molecule has 0 unspecified atom stereocenters. The molecule has 2 aromatic carbocycles. The molecule has 7 heteroatoms. The van der Waals surface area contributed by atoms with Crippen LogP contribution in [0.3, 0.4) is 0 Å². The fourth-order valence-corrected chi connectivity index (χ4v) is 3.37. The fourth-order valence-electron chi connectivity index (χ4n) is 3.15. The SMILES string of the molecule is COC(=O)c1ccn2c(NCc3cccc(Cl)c3)c(-c3ccccc3O)nc2c1. The molecule has 2 aromatic heterocycles. The van der Waals surface area contributed by atoms with E-state index in [9.17, 15) is 9.90 Å². The Bertz CT molecular complexity index is 1200. The Morgan fingerprint density at radius 2 is 2.00 bits per heavy atom. The Hall–Kier alpha value is -3.51. The molecule has 6 nitrogen and oxygen atoms in total. The molecule has 0 amide bonds. The number of hydrogen-bond donors (Lipinski definition) is 2. The summed E-state index contributed by atoms with van der Waals surface area (Å²) >= 11 is 6.09. The van der Waals surface area contributed by atoms with Gasteiger partial charge in [-0.25, -0.2) is 9.78 Å². The molecule has 4 rings (SSSR count). The lowest BCUT2D eigenvalue weighted by atomic mass is 10.1. The fraction of sp³-hybridized carbons (Fsp3) is 0.0909. The molecule has 0 radical (unpaired) electrons. The summed E-state index contributed by atoms with van der Waals surface area (Å²) in [7, 11) is 1.34. The summed E-state index contributed by atoms with van der Waals surface area (Å²) in [5.74, 6) is 0.376. The Balaban J connectivity index is 1.81. The molecule has 146 valence electrons. The minimum Gasteiger partial charge on any atom is -0.507 e. The second-order valence-corrected chi connectivity index (χ2v) is 6.88. The van der Waals surface area contributed by atoms with Crippen molar-refractivity contribution in [1.29, 1.82) is 0 Å². The highest BCUT2D eigenvalue weighted by Gasteiger charge is 2.18. The Morgan fingerprint density at radius 1 is 1.17 bits per heavy atom. The van der Waals surface area contributed by atoms with Crippen molar-refractivity contribution in [3.05, 3.63) is 83.0 Å². The number of rotatable bonds is 5. The number of fused-ring (bicyclic) bond motifs is 1. The van der Waals surface area contributed by atoms with Gasteiger partial charge in [-0.1, -0.05) is 35.9 Å². The summed E-state index contributed by atoms with van der Waals surface area (Å²) in [6.07, 6.45) is 1.75. The third kappa shape index (κ3) is 3.75. The number of imidazole rings is 1. The number of halogens is 1. The molecular formula is C22H18ClN3O3. The number of esters is 1. The van der Waals surface area contributed by atoms with Crippen molar-refractivity contribution in [2.75, 3.05) is 12.4 Å². The van der Waals surface area contributed by atoms with Crippen molar-refractivity contribution in [3.8, 4) is 17.0 Å².